The maximum absolute atomic E-state index is 8.96. The summed E-state index contributed by atoms with van der Waals surface area (Å²) in [5.74, 6) is 1.19. The van der Waals surface area contributed by atoms with Crippen LogP contribution in [0.4, 0.5) is 11.8 Å². The molecule has 1 N–H and O–H groups in total. The van der Waals surface area contributed by atoms with Crippen LogP contribution in [0.25, 0.3) is 10.2 Å². The van der Waals surface area contributed by atoms with Gasteiger partial charge in [0.15, 0.2) is 0 Å². The highest BCUT2D eigenvalue weighted by atomic mass is 32.1. The Morgan fingerprint density at radius 2 is 2.00 bits per heavy atom. The lowest BCUT2D eigenvalue weighted by Crippen LogP contribution is -2.25. The zero-order valence-corrected chi connectivity index (χ0v) is 12.9. The molecule has 0 aliphatic rings. The van der Waals surface area contributed by atoms with Crippen LogP contribution in [0.15, 0.2) is 6.07 Å². The van der Waals surface area contributed by atoms with Gasteiger partial charge in [-0.3, -0.25) is 0 Å². The number of aromatic nitrogens is 2. The molecule has 2 aromatic rings. The molecule has 0 saturated heterocycles. The first-order chi connectivity index (χ1) is 10.2. The molecule has 2 heterocycles. The van der Waals surface area contributed by atoms with Gasteiger partial charge in [0, 0.05) is 11.4 Å². The Balaban J connectivity index is 2.52. The Labute approximate surface area is 127 Å². The molecule has 0 atom stereocenters. The monoisotopic (exact) mass is 300 g/mol. The summed E-state index contributed by atoms with van der Waals surface area (Å²) < 4.78 is 0. The summed E-state index contributed by atoms with van der Waals surface area (Å²) in [5.41, 5.74) is 0. The SMILES string of the molecule is CCCNc1nc(N(CC#N)CC#N)c2cc(C)sc2n1. The molecule has 6 nitrogen and oxygen atoms in total. The van der Waals surface area contributed by atoms with Gasteiger partial charge < -0.3 is 10.2 Å². The van der Waals surface area contributed by atoms with E-state index in [1.54, 1.807) is 16.2 Å². The quantitative estimate of drug-likeness (QED) is 0.825. The fourth-order valence-electron chi connectivity index (χ4n) is 1.96. The van der Waals surface area contributed by atoms with Crippen molar-refractivity contribution in [2.24, 2.45) is 0 Å². The number of hydrogen-bond acceptors (Lipinski definition) is 7. The van der Waals surface area contributed by atoms with E-state index in [-0.39, 0.29) is 13.1 Å². The summed E-state index contributed by atoms with van der Waals surface area (Å²) in [6.07, 6.45) is 0.973. The van der Waals surface area contributed by atoms with Crippen molar-refractivity contribution in [2.45, 2.75) is 20.3 Å². The first-order valence-electron chi connectivity index (χ1n) is 6.70. The highest BCUT2D eigenvalue weighted by Gasteiger charge is 2.16. The summed E-state index contributed by atoms with van der Waals surface area (Å²) in [6, 6.07) is 6.17. The van der Waals surface area contributed by atoms with Gasteiger partial charge in [-0.2, -0.15) is 15.5 Å². The van der Waals surface area contributed by atoms with Crippen molar-refractivity contribution in [1.29, 1.82) is 10.5 Å². The Morgan fingerprint density at radius 3 is 2.62 bits per heavy atom. The molecule has 21 heavy (non-hydrogen) atoms. The van der Waals surface area contributed by atoms with Gasteiger partial charge in [-0.25, -0.2) is 4.98 Å². The second-order valence-corrected chi connectivity index (χ2v) is 5.78. The van der Waals surface area contributed by atoms with E-state index < -0.39 is 0 Å². The highest BCUT2D eigenvalue weighted by molar-refractivity contribution is 7.18. The van der Waals surface area contributed by atoms with Crippen LogP contribution < -0.4 is 10.2 Å². The summed E-state index contributed by atoms with van der Waals surface area (Å²) in [7, 11) is 0. The third-order valence-electron chi connectivity index (χ3n) is 2.85. The van der Waals surface area contributed by atoms with E-state index in [2.05, 4.69) is 34.3 Å². The zero-order chi connectivity index (χ0) is 15.2. The molecule has 0 amide bonds. The minimum atomic E-state index is 0.127. The fraction of sp³-hybridized carbons (Fsp3) is 0.429. The van der Waals surface area contributed by atoms with Crippen molar-refractivity contribution < 1.29 is 0 Å². The summed E-state index contributed by atoms with van der Waals surface area (Å²) in [5, 5.41) is 22.0. The van der Waals surface area contributed by atoms with Gasteiger partial charge in [0.1, 0.15) is 23.7 Å². The number of anilines is 2. The van der Waals surface area contributed by atoms with Crippen LogP contribution in [-0.4, -0.2) is 29.6 Å². The minimum Gasteiger partial charge on any atom is -0.354 e. The van der Waals surface area contributed by atoms with Crippen LogP contribution in [0.5, 0.6) is 0 Å². The van der Waals surface area contributed by atoms with E-state index >= 15 is 0 Å². The average Bonchev–Trinajstić information content (AvgIpc) is 2.84. The average molecular weight is 300 g/mol. The predicted octanol–water partition coefficient (Wildman–Crippen LogP) is 2.68. The molecule has 108 valence electrons. The first kappa shape index (κ1) is 15.0. The van der Waals surface area contributed by atoms with E-state index in [0.29, 0.717) is 11.8 Å². The smallest absolute Gasteiger partial charge is 0.226 e. The number of nitriles is 2. The van der Waals surface area contributed by atoms with Crippen molar-refractivity contribution in [3.63, 3.8) is 0 Å². The lowest BCUT2D eigenvalue weighted by atomic mass is 10.3. The van der Waals surface area contributed by atoms with Gasteiger partial charge in [0.05, 0.1) is 17.5 Å². The lowest BCUT2D eigenvalue weighted by Gasteiger charge is -2.18. The van der Waals surface area contributed by atoms with E-state index in [4.69, 9.17) is 10.5 Å². The third kappa shape index (κ3) is 3.39. The highest BCUT2D eigenvalue weighted by Crippen LogP contribution is 2.31. The van der Waals surface area contributed by atoms with Gasteiger partial charge in [0.25, 0.3) is 0 Å². The predicted molar refractivity (Wildman–Crippen MR) is 84.4 cm³/mol. The summed E-state index contributed by atoms with van der Waals surface area (Å²) in [4.78, 5) is 12.7. The molecule has 0 aliphatic heterocycles. The van der Waals surface area contributed by atoms with E-state index in [0.717, 1.165) is 28.1 Å². The molecule has 0 unspecified atom stereocenters. The molecule has 0 fully saturated rings. The molecule has 0 radical (unpaired) electrons. The van der Waals surface area contributed by atoms with E-state index in [1.165, 1.54) is 0 Å². The number of hydrogen-bond donors (Lipinski definition) is 1. The molecule has 2 rings (SSSR count). The molecule has 0 saturated carbocycles. The number of nitrogens with one attached hydrogen (secondary N) is 1. The van der Waals surface area contributed by atoms with Crippen LogP contribution in [-0.2, 0) is 0 Å². The zero-order valence-electron chi connectivity index (χ0n) is 12.1. The Bertz CT molecular complexity index is 693. The first-order valence-corrected chi connectivity index (χ1v) is 7.52. The number of thiophene rings is 1. The lowest BCUT2D eigenvalue weighted by molar-refractivity contribution is 0.922. The van der Waals surface area contributed by atoms with Crippen molar-refractivity contribution in [3.05, 3.63) is 10.9 Å². The van der Waals surface area contributed by atoms with Crippen molar-refractivity contribution in [1.82, 2.24) is 9.97 Å². The minimum absolute atomic E-state index is 0.127. The third-order valence-corrected chi connectivity index (χ3v) is 3.80. The Hall–Kier alpha value is -2.38. The van der Waals surface area contributed by atoms with E-state index in [1.807, 2.05) is 13.0 Å². The van der Waals surface area contributed by atoms with Crippen molar-refractivity contribution >= 4 is 33.3 Å². The number of aryl methyl sites for hydroxylation is 1. The normalized spacial score (nSPS) is 10.1. The van der Waals surface area contributed by atoms with Crippen LogP contribution in [0, 0.1) is 29.6 Å². The second kappa shape index (κ2) is 6.87. The number of fused-ring (bicyclic) bond motifs is 1. The van der Waals surface area contributed by atoms with Crippen LogP contribution >= 0.6 is 11.3 Å². The molecular formula is C14H16N6S. The molecule has 0 aliphatic carbocycles. The topological polar surface area (TPSA) is 88.6 Å². The Morgan fingerprint density at radius 1 is 1.29 bits per heavy atom. The summed E-state index contributed by atoms with van der Waals surface area (Å²) >= 11 is 1.58. The van der Waals surface area contributed by atoms with Crippen molar-refractivity contribution in [3.8, 4) is 12.1 Å². The largest absolute Gasteiger partial charge is 0.354 e. The van der Waals surface area contributed by atoms with E-state index in [9.17, 15) is 0 Å². The number of rotatable bonds is 6. The van der Waals surface area contributed by atoms with Gasteiger partial charge >= 0.3 is 0 Å². The Kier molecular flexibility index (Phi) is 4.91. The standard InChI is InChI=1S/C14H16N6S/c1-3-6-17-14-18-12(20(7-4-15)8-5-16)11-9-10(2)21-13(11)19-14/h9H,3,6-8H2,1-2H3,(H,17,18,19). The van der Waals surface area contributed by atoms with Crippen LogP contribution in [0.3, 0.4) is 0 Å². The van der Waals surface area contributed by atoms with Crippen LogP contribution in [0.2, 0.25) is 0 Å². The van der Waals surface area contributed by atoms with Gasteiger partial charge in [-0.15, -0.1) is 11.3 Å². The molecule has 0 aromatic carbocycles. The molecular weight excluding hydrogens is 284 g/mol. The number of nitrogens with zero attached hydrogens (tertiary/aromatic N) is 5. The molecule has 2 aromatic heterocycles. The van der Waals surface area contributed by atoms with Crippen molar-refractivity contribution in [2.75, 3.05) is 29.9 Å². The second-order valence-electron chi connectivity index (χ2n) is 4.55. The fourth-order valence-corrected chi connectivity index (χ4v) is 2.83. The van der Waals surface area contributed by atoms with Gasteiger partial charge in [-0.1, -0.05) is 6.92 Å². The maximum atomic E-state index is 8.96. The molecule has 0 bridgehead atoms. The molecule has 7 heteroatoms. The van der Waals surface area contributed by atoms with Crippen LogP contribution in [0.1, 0.15) is 18.2 Å². The van der Waals surface area contributed by atoms with Gasteiger partial charge in [0.2, 0.25) is 5.95 Å². The van der Waals surface area contributed by atoms with Gasteiger partial charge in [-0.05, 0) is 19.4 Å². The summed E-state index contributed by atoms with van der Waals surface area (Å²) in [6.45, 7) is 5.11. The molecule has 0 spiro atoms. The maximum Gasteiger partial charge on any atom is 0.226 e.